The van der Waals surface area contributed by atoms with Crippen molar-refractivity contribution in [3.05, 3.63) is 35.9 Å². The Labute approximate surface area is 126 Å². The van der Waals surface area contributed by atoms with E-state index in [9.17, 15) is 9.59 Å². The van der Waals surface area contributed by atoms with E-state index >= 15 is 0 Å². The van der Waals surface area contributed by atoms with Crippen molar-refractivity contribution in [2.24, 2.45) is 15.9 Å². The molecule has 2 aliphatic heterocycles. The molecule has 1 atom stereocenters. The molecule has 3 rings (SSSR count). The Hall–Kier alpha value is -2.21. The highest BCUT2D eigenvalue weighted by atomic mass is 35.5. The third-order valence-electron chi connectivity index (χ3n) is 3.36. The molecule has 0 spiro atoms. The Morgan fingerprint density at radius 1 is 1.33 bits per heavy atom. The second-order valence-corrected chi connectivity index (χ2v) is 5.13. The maximum Gasteiger partial charge on any atom is 0.410 e. The van der Waals surface area contributed by atoms with Crippen LogP contribution in [-0.4, -0.2) is 41.0 Å². The van der Waals surface area contributed by atoms with E-state index in [0.717, 1.165) is 5.56 Å². The van der Waals surface area contributed by atoms with Gasteiger partial charge in [0.1, 0.15) is 6.61 Å². The van der Waals surface area contributed by atoms with Crippen molar-refractivity contribution in [1.82, 2.24) is 4.90 Å². The first-order valence-corrected chi connectivity index (χ1v) is 6.82. The van der Waals surface area contributed by atoms with Crippen LogP contribution < -0.4 is 0 Å². The summed E-state index contributed by atoms with van der Waals surface area (Å²) in [6.45, 7) is 0.674. The molecule has 2 amide bonds. The van der Waals surface area contributed by atoms with Gasteiger partial charge in [0, 0.05) is 6.54 Å². The number of amides is 2. The van der Waals surface area contributed by atoms with Crippen molar-refractivity contribution in [3.63, 3.8) is 0 Å². The fourth-order valence-corrected chi connectivity index (χ4v) is 2.48. The predicted molar refractivity (Wildman–Crippen MR) is 77.4 cm³/mol. The molecule has 7 heteroatoms. The van der Waals surface area contributed by atoms with Crippen LogP contribution >= 0.6 is 11.6 Å². The van der Waals surface area contributed by atoms with Gasteiger partial charge in [-0.05, 0) is 17.2 Å². The molecule has 0 N–H and O–H groups in total. The van der Waals surface area contributed by atoms with E-state index in [1.165, 1.54) is 4.90 Å². The lowest BCUT2D eigenvalue weighted by Crippen LogP contribution is -2.30. The number of ether oxygens (including phenoxy) is 1. The van der Waals surface area contributed by atoms with Gasteiger partial charge in [0.05, 0.1) is 18.2 Å². The van der Waals surface area contributed by atoms with Gasteiger partial charge in [-0.1, -0.05) is 30.3 Å². The molecule has 6 nitrogen and oxygen atoms in total. The predicted octanol–water partition coefficient (Wildman–Crippen LogP) is 1.83. The van der Waals surface area contributed by atoms with Crippen molar-refractivity contribution in [3.8, 4) is 0 Å². The first kappa shape index (κ1) is 13.8. The van der Waals surface area contributed by atoms with Gasteiger partial charge in [0.25, 0.3) is 5.91 Å². The molecule has 0 aromatic heterocycles. The molecular weight excluding hydrogens is 294 g/mol. The van der Waals surface area contributed by atoms with Gasteiger partial charge in [-0.2, -0.15) is 4.99 Å². The van der Waals surface area contributed by atoms with E-state index in [0.29, 0.717) is 5.71 Å². The molecule has 1 unspecified atom stereocenters. The normalized spacial score (nSPS) is 20.7. The van der Waals surface area contributed by atoms with Gasteiger partial charge >= 0.3 is 6.09 Å². The summed E-state index contributed by atoms with van der Waals surface area (Å²) in [4.78, 5) is 32.8. The lowest BCUT2D eigenvalue weighted by atomic mass is 10.1. The molecule has 2 heterocycles. The Morgan fingerprint density at radius 2 is 2.10 bits per heavy atom. The van der Waals surface area contributed by atoms with Crippen LogP contribution in [0.25, 0.3) is 0 Å². The molecule has 0 bridgehead atoms. The lowest BCUT2D eigenvalue weighted by molar-refractivity contribution is -0.119. The number of halogens is 1. The van der Waals surface area contributed by atoms with Crippen LogP contribution in [0.4, 0.5) is 4.79 Å². The molecule has 108 valence electrons. The Bertz CT molecular complexity index is 642. The van der Waals surface area contributed by atoms with Crippen molar-refractivity contribution in [2.75, 3.05) is 13.1 Å². The third kappa shape index (κ3) is 2.95. The zero-order chi connectivity index (χ0) is 14.8. The number of benzene rings is 1. The third-order valence-corrected chi connectivity index (χ3v) is 3.53. The van der Waals surface area contributed by atoms with E-state index in [4.69, 9.17) is 16.3 Å². The highest BCUT2D eigenvalue weighted by Gasteiger charge is 2.39. The highest BCUT2D eigenvalue weighted by molar-refractivity contribution is 6.67. The number of carbonyl (C=O) groups is 2. The summed E-state index contributed by atoms with van der Waals surface area (Å²) in [5, 5.41) is -0.0780. The molecule has 0 radical (unpaired) electrons. The maximum atomic E-state index is 12.0. The zero-order valence-electron chi connectivity index (χ0n) is 11.0. The van der Waals surface area contributed by atoms with E-state index in [1.54, 1.807) is 0 Å². The van der Waals surface area contributed by atoms with Crippen LogP contribution in [0.5, 0.6) is 0 Å². The van der Waals surface area contributed by atoms with Gasteiger partial charge in [-0.3, -0.25) is 4.79 Å². The van der Waals surface area contributed by atoms with Crippen molar-refractivity contribution < 1.29 is 14.3 Å². The van der Waals surface area contributed by atoms with Crippen molar-refractivity contribution >= 4 is 34.6 Å². The number of carbonyl (C=O) groups excluding carboxylic acids is 2. The molecule has 1 aromatic rings. The summed E-state index contributed by atoms with van der Waals surface area (Å²) >= 11 is 5.65. The maximum absolute atomic E-state index is 12.0. The highest BCUT2D eigenvalue weighted by Crippen LogP contribution is 2.21. The number of fused-ring (bicyclic) bond motifs is 1. The Kier molecular flexibility index (Phi) is 3.70. The molecule has 0 saturated carbocycles. The molecule has 21 heavy (non-hydrogen) atoms. The minimum absolute atomic E-state index is 0.0780. The number of rotatable bonds is 2. The molecule has 1 aromatic carbocycles. The van der Waals surface area contributed by atoms with Crippen LogP contribution in [0.1, 0.15) is 5.56 Å². The number of hydrogen-bond donors (Lipinski definition) is 0. The lowest BCUT2D eigenvalue weighted by Gasteiger charge is -2.15. The van der Waals surface area contributed by atoms with E-state index in [1.807, 2.05) is 30.3 Å². The second kappa shape index (κ2) is 5.65. The van der Waals surface area contributed by atoms with Crippen molar-refractivity contribution in [1.29, 1.82) is 0 Å². The monoisotopic (exact) mass is 305 g/mol. The van der Waals surface area contributed by atoms with E-state index in [2.05, 4.69) is 9.98 Å². The Morgan fingerprint density at radius 3 is 2.86 bits per heavy atom. The number of likely N-dealkylation sites (tertiary alicyclic amines) is 1. The summed E-state index contributed by atoms with van der Waals surface area (Å²) < 4.78 is 5.23. The summed E-state index contributed by atoms with van der Waals surface area (Å²) in [6, 6.07) is 9.39. The fraction of sp³-hybridized carbons (Fsp3) is 0.286. The van der Waals surface area contributed by atoms with Gasteiger partial charge in [-0.15, -0.1) is 0 Å². The largest absolute Gasteiger partial charge is 0.445 e. The SMILES string of the molecule is O=C1N=C(Cl)N=C2CN(C(=O)OCc3ccccc3)CC12. The second-order valence-electron chi connectivity index (χ2n) is 4.80. The van der Waals surface area contributed by atoms with Crippen LogP contribution in [0.2, 0.25) is 0 Å². The molecule has 1 fully saturated rings. The van der Waals surface area contributed by atoms with E-state index < -0.39 is 12.0 Å². The number of amidine groups is 1. The molecule has 2 aliphatic rings. The standard InChI is InChI=1S/C14H12ClN3O3/c15-13-16-11-7-18(6-10(11)12(19)17-13)14(20)21-8-9-4-2-1-3-5-9/h1-5,10H,6-8H2. The summed E-state index contributed by atoms with van der Waals surface area (Å²) in [7, 11) is 0. The van der Waals surface area contributed by atoms with Crippen LogP contribution in [0, 0.1) is 5.92 Å². The first-order valence-electron chi connectivity index (χ1n) is 6.44. The van der Waals surface area contributed by atoms with Crippen molar-refractivity contribution in [2.45, 2.75) is 6.61 Å². The number of nitrogens with zero attached hydrogens (tertiary/aromatic N) is 3. The van der Waals surface area contributed by atoms with Crippen LogP contribution in [0.3, 0.4) is 0 Å². The average Bonchev–Trinajstić information content (AvgIpc) is 2.90. The fourth-order valence-electron chi connectivity index (χ4n) is 2.29. The smallest absolute Gasteiger partial charge is 0.410 e. The minimum atomic E-state index is -0.489. The topological polar surface area (TPSA) is 71.3 Å². The average molecular weight is 306 g/mol. The number of hydrogen-bond acceptors (Lipinski definition) is 4. The summed E-state index contributed by atoms with van der Waals surface area (Å²) in [5.74, 6) is -0.847. The zero-order valence-corrected chi connectivity index (χ0v) is 11.8. The minimum Gasteiger partial charge on any atom is -0.445 e. The van der Waals surface area contributed by atoms with Crippen LogP contribution in [0.15, 0.2) is 40.3 Å². The Balaban J connectivity index is 1.61. The summed E-state index contributed by atoms with van der Waals surface area (Å²) in [5.41, 5.74) is 1.47. The molecular formula is C14H12ClN3O3. The van der Waals surface area contributed by atoms with Gasteiger partial charge in [0.15, 0.2) is 0 Å². The van der Waals surface area contributed by atoms with Crippen LogP contribution in [-0.2, 0) is 16.1 Å². The van der Waals surface area contributed by atoms with E-state index in [-0.39, 0.29) is 30.9 Å². The quantitative estimate of drug-likeness (QED) is 0.783. The number of aliphatic imine (C=N–C) groups is 2. The molecule has 1 saturated heterocycles. The summed E-state index contributed by atoms with van der Waals surface area (Å²) in [6.07, 6.45) is -0.472. The van der Waals surface area contributed by atoms with Gasteiger partial charge in [0.2, 0.25) is 5.29 Å². The first-order chi connectivity index (χ1) is 10.1. The molecule has 0 aliphatic carbocycles. The van der Waals surface area contributed by atoms with Gasteiger partial charge < -0.3 is 9.64 Å². The van der Waals surface area contributed by atoms with Gasteiger partial charge in [-0.25, -0.2) is 9.79 Å².